The Hall–Kier alpha value is -1.58. The third kappa shape index (κ3) is 3.33. The number of hydrogen-bond acceptors (Lipinski definition) is 2. The number of aliphatic hydroxyl groups is 1. The Kier molecular flexibility index (Phi) is 4.64. The van der Waals surface area contributed by atoms with E-state index in [0.717, 1.165) is 46.9 Å². The Morgan fingerprint density at radius 3 is 2.14 bits per heavy atom. The van der Waals surface area contributed by atoms with Gasteiger partial charge in [-0.15, -0.1) is 0 Å². The molecule has 0 radical (unpaired) electrons. The predicted molar refractivity (Wildman–Crippen MR) is 110 cm³/mol. The van der Waals surface area contributed by atoms with Crippen molar-refractivity contribution in [2.24, 2.45) is 23.2 Å². The molecule has 1 heterocycles. The van der Waals surface area contributed by atoms with Gasteiger partial charge < -0.3 is 14.8 Å². The van der Waals surface area contributed by atoms with Gasteiger partial charge in [0.1, 0.15) is 12.3 Å². The van der Waals surface area contributed by atoms with Crippen LogP contribution in [0.2, 0.25) is 0 Å². The Morgan fingerprint density at radius 2 is 1.57 bits per heavy atom. The van der Waals surface area contributed by atoms with Crippen LogP contribution in [0.15, 0.2) is 40.8 Å². The normalized spacial score (nSPS) is 33.2. The van der Waals surface area contributed by atoms with Crippen LogP contribution in [0.5, 0.6) is 0 Å². The molecule has 3 heteroatoms. The zero-order valence-electron chi connectivity index (χ0n) is 17.2. The molecule has 1 aromatic heterocycles. The number of nitrogens with two attached hydrogens (primary N) is 1. The minimum atomic E-state index is -0.429. The fourth-order valence-corrected chi connectivity index (χ4v) is 6.85. The summed E-state index contributed by atoms with van der Waals surface area (Å²) in [6.07, 6.45) is 8.52. The van der Waals surface area contributed by atoms with Gasteiger partial charge in [-0.2, -0.15) is 0 Å². The van der Waals surface area contributed by atoms with Crippen LogP contribution in [0, 0.1) is 23.2 Å². The number of furan rings is 1. The maximum Gasteiger partial charge on any atom is 0.158 e. The summed E-state index contributed by atoms with van der Waals surface area (Å²) in [7, 11) is 0. The standard InChI is InChI=1S/C25H33NO2/c1-16(27)21-3-5-22(6-4-21)24-8-7-23(28-24)15-26-17(2)25-12-18-9-19(13-25)11-20(10-18)14-25/h3-8,16-20,26-27H,9-15H2,1-2H3/p+1/t16-,17-,18?,19?,20?,25?/m0/s1. The lowest BCUT2D eigenvalue weighted by Gasteiger charge is -2.57. The van der Waals surface area contributed by atoms with Gasteiger partial charge in [-0.3, -0.25) is 0 Å². The average Bonchev–Trinajstić information content (AvgIpc) is 3.14. The van der Waals surface area contributed by atoms with Crippen LogP contribution in [0.4, 0.5) is 0 Å². The first-order valence-corrected chi connectivity index (χ1v) is 11.2. The molecule has 3 nitrogen and oxygen atoms in total. The van der Waals surface area contributed by atoms with Gasteiger partial charge in [-0.1, -0.05) is 24.3 Å². The van der Waals surface area contributed by atoms with Gasteiger partial charge in [-0.05, 0) is 87.8 Å². The van der Waals surface area contributed by atoms with Crippen molar-refractivity contribution in [1.29, 1.82) is 0 Å². The Labute approximate surface area is 168 Å². The Bertz CT molecular complexity index is 784. The molecule has 28 heavy (non-hydrogen) atoms. The van der Waals surface area contributed by atoms with Crippen molar-refractivity contribution in [3.8, 4) is 11.3 Å². The summed E-state index contributed by atoms with van der Waals surface area (Å²) < 4.78 is 6.15. The van der Waals surface area contributed by atoms with Crippen LogP contribution in [-0.2, 0) is 6.54 Å². The molecule has 6 rings (SSSR count). The molecule has 0 saturated heterocycles. The smallest absolute Gasteiger partial charge is 0.158 e. The van der Waals surface area contributed by atoms with Crippen LogP contribution >= 0.6 is 0 Å². The highest BCUT2D eigenvalue weighted by Crippen LogP contribution is 2.60. The van der Waals surface area contributed by atoms with Gasteiger partial charge in [0.15, 0.2) is 5.76 Å². The largest absolute Gasteiger partial charge is 0.455 e. The molecule has 2 aromatic rings. The van der Waals surface area contributed by atoms with E-state index in [2.05, 4.69) is 24.4 Å². The third-order valence-electron chi connectivity index (χ3n) is 8.06. The molecule has 0 spiro atoms. The van der Waals surface area contributed by atoms with Crippen molar-refractivity contribution >= 4 is 0 Å². The molecule has 4 fully saturated rings. The van der Waals surface area contributed by atoms with E-state index in [1.54, 1.807) is 6.92 Å². The molecule has 4 bridgehead atoms. The lowest BCUT2D eigenvalue weighted by molar-refractivity contribution is -0.718. The monoisotopic (exact) mass is 380 g/mol. The molecule has 4 aliphatic rings. The minimum Gasteiger partial charge on any atom is -0.455 e. The molecule has 4 aliphatic carbocycles. The summed E-state index contributed by atoms with van der Waals surface area (Å²) in [5.41, 5.74) is 2.60. The average molecular weight is 381 g/mol. The zero-order chi connectivity index (χ0) is 19.3. The molecule has 4 saturated carbocycles. The zero-order valence-corrected chi connectivity index (χ0v) is 17.2. The van der Waals surface area contributed by atoms with Crippen LogP contribution in [0.25, 0.3) is 11.3 Å². The lowest BCUT2D eigenvalue weighted by Crippen LogP contribution is -2.91. The predicted octanol–water partition coefficient (Wildman–Crippen LogP) is 4.67. The quantitative estimate of drug-likeness (QED) is 0.765. The summed E-state index contributed by atoms with van der Waals surface area (Å²) >= 11 is 0. The van der Waals surface area contributed by atoms with Gasteiger partial charge in [0.05, 0.1) is 12.1 Å². The number of aliphatic hydroxyl groups excluding tert-OH is 1. The second kappa shape index (κ2) is 7.03. The maximum atomic E-state index is 9.67. The van der Waals surface area contributed by atoms with Crippen LogP contribution < -0.4 is 5.32 Å². The summed E-state index contributed by atoms with van der Waals surface area (Å²) in [4.78, 5) is 0. The van der Waals surface area contributed by atoms with Crippen LogP contribution in [0.1, 0.15) is 69.8 Å². The third-order valence-corrected chi connectivity index (χ3v) is 8.06. The highest BCUT2D eigenvalue weighted by molar-refractivity contribution is 5.58. The van der Waals surface area contributed by atoms with Crippen LogP contribution in [-0.4, -0.2) is 11.1 Å². The number of quaternary nitrogens is 1. The number of rotatable bonds is 6. The molecule has 3 N–H and O–H groups in total. The molecule has 0 unspecified atom stereocenters. The first kappa shape index (κ1) is 18.4. The summed E-state index contributed by atoms with van der Waals surface area (Å²) in [5, 5.41) is 12.2. The molecule has 150 valence electrons. The summed E-state index contributed by atoms with van der Waals surface area (Å²) in [5.74, 6) is 5.03. The molecule has 0 amide bonds. The van der Waals surface area contributed by atoms with E-state index in [0.29, 0.717) is 11.5 Å². The van der Waals surface area contributed by atoms with Crippen molar-refractivity contribution in [2.75, 3.05) is 0 Å². The van der Waals surface area contributed by atoms with Crippen molar-refractivity contribution in [1.82, 2.24) is 0 Å². The fourth-order valence-electron chi connectivity index (χ4n) is 6.85. The number of benzene rings is 1. The fraction of sp³-hybridized carbons (Fsp3) is 0.600. The summed E-state index contributed by atoms with van der Waals surface area (Å²) in [6, 6.07) is 12.9. The van der Waals surface area contributed by atoms with E-state index in [9.17, 15) is 5.11 Å². The van der Waals surface area contributed by atoms with Crippen molar-refractivity contribution < 1.29 is 14.8 Å². The van der Waals surface area contributed by atoms with Gasteiger partial charge in [-0.25, -0.2) is 0 Å². The Balaban J connectivity index is 1.23. The van der Waals surface area contributed by atoms with Crippen molar-refractivity contribution in [3.63, 3.8) is 0 Å². The topological polar surface area (TPSA) is 50.0 Å². The van der Waals surface area contributed by atoms with Crippen molar-refractivity contribution in [3.05, 3.63) is 47.7 Å². The van der Waals surface area contributed by atoms with E-state index in [1.807, 2.05) is 24.3 Å². The molecular weight excluding hydrogens is 346 g/mol. The second-order valence-corrected chi connectivity index (χ2v) is 10.1. The van der Waals surface area contributed by atoms with E-state index in [-0.39, 0.29) is 0 Å². The molecule has 1 aromatic carbocycles. The highest BCUT2D eigenvalue weighted by atomic mass is 16.3. The second-order valence-electron chi connectivity index (χ2n) is 10.1. The van der Waals surface area contributed by atoms with Crippen molar-refractivity contribution in [2.45, 2.75) is 71.1 Å². The molecule has 2 atom stereocenters. The summed E-state index contributed by atoms with van der Waals surface area (Å²) in [6.45, 7) is 5.18. The van der Waals surface area contributed by atoms with E-state index in [1.165, 1.54) is 38.5 Å². The first-order chi connectivity index (χ1) is 13.5. The first-order valence-electron chi connectivity index (χ1n) is 11.2. The van der Waals surface area contributed by atoms with Gasteiger partial charge in [0, 0.05) is 11.0 Å². The lowest BCUT2D eigenvalue weighted by atomic mass is 9.48. The van der Waals surface area contributed by atoms with Gasteiger partial charge in [0.25, 0.3) is 0 Å². The van der Waals surface area contributed by atoms with E-state index < -0.39 is 6.10 Å². The molecule has 0 aliphatic heterocycles. The van der Waals surface area contributed by atoms with E-state index in [4.69, 9.17) is 4.42 Å². The maximum absolute atomic E-state index is 9.67. The Morgan fingerprint density at radius 1 is 0.964 bits per heavy atom. The van der Waals surface area contributed by atoms with Crippen LogP contribution in [0.3, 0.4) is 0 Å². The number of hydrogen-bond donors (Lipinski definition) is 2. The minimum absolute atomic E-state index is 0.429. The SMILES string of the molecule is C[C@H](O)c1ccc(-c2ccc(C[NH2+][C@@H](C)C34CC5CC(CC(C5)C3)C4)o2)cc1. The van der Waals surface area contributed by atoms with Gasteiger partial charge >= 0.3 is 0 Å². The van der Waals surface area contributed by atoms with Gasteiger partial charge in [0.2, 0.25) is 0 Å². The molecular formula is C25H34NO2+. The van der Waals surface area contributed by atoms with E-state index >= 15 is 0 Å². The highest BCUT2D eigenvalue weighted by Gasteiger charge is 2.54.